The Labute approximate surface area is 109 Å². The summed E-state index contributed by atoms with van der Waals surface area (Å²) in [5.41, 5.74) is -0.827. The second-order valence-corrected chi connectivity index (χ2v) is 5.37. The number of hydrogen-bond acceptors (Lipinski definition) is 3. The van der Waals surface area contributed by atoms with E-state index >= 15 is 0 Å². The molecule has 0 radical (unpaired) electrons. The van der Waals surface area contributed by atoms with Crippen molar-refractivity contribution < 1.29 is 14.2 Å². The van der Waals surface area contributed by atoms with E-state index in [0.717, 1.165) is 6.42 Å². The van der Waals surface area contributed by atoms with E-state index in [4.69, 9.17) is 20.6 Å². The van der Waals surface area contributed by atoms with Crippen molar-refractivity contribution in [3.63, 3.8) is 0 Å². The first-order chi connectivity index (χ1) is 8.53. The summed E-state index contributed by atoms with van der Waals surface area (Å²) in [7, 11) is 1.54. The summed E-state index contributed by atoms with van der Waals surface area (Å²) in [5, 5.41) is 0. The standard InChI is InChI=1S/C15H22O3/c1-5-15(11-13-9-7-6-8-10-13)12(2)17-14(3,16-4)18-15/h1,13H,2,6-11H2,3-4H3. The van der Waals surface area contributed by atoms with Crippen LogP contribution in [0.4, 0.5) is 0 Å². The van der Waals surface area contributed by atoms with Gasteiger partial charge in [-0.05, 0) is 12.3 Å². The van der Waals surface area contributed by atoms with Crippen LogP contribution in [0.3, 0.4) is 0 Å². The molecule has 0 aromatic heterocycles. The average molecular weight is 250 g/mol. The summed E-state index contributed by atoms with van der Waals surface area (Å²) in [6, 6.07) is 0. The maximum atomic E-state index is 5.87. The predicted octanol–water partition coefficient (Wildman–Crippen LogP) is 3.21. The van der Waals surface area contributed by atoms with Crippen molar-refractivity contribution in [1.82, 2.24) is 0 Å². The van der Waals surface area contributed by atoms with Crippen LogP contribution in [0.1, 0.15) is 45.4 Å². The first kappa shape index (κ1) is 13.5. The van der Waals surface area contributed by atoms with Gasteiger partial charge < -0.3 is 9.47 Å². The third kappa shape index (κ3) is 2.41. The first-order valence-electron chi connectivity index (χ1n) is 6.65. The van der Waals surface area contributed by atoms with Crippen LogP contribution in [0.15, 0.2) is 12.3 Å². The molecule has 2 atom stereocenters. The Hall–Kier alpha value is -0.980. The van der Waals surface area contributed by atoms with Gasteiger partial charge in [0.05, 0.1) is 0 Å². The van der Waals surface area contributed by atoms with Crippen LogP contribution in [-0.2, 0) is 14.2 Å². The minimum Gasteiger partial charge on any atom is -0.440 e. The molecule has 1 saturated carbocycles. The minimum absolute atomic E-state index is 0.500. The normalized spacial score (nSPS) is 37.3. The van der Waals surface area contributed by atoms with Gasteiger partial charge in [0, 0.05) is 14.0 Å². The smallest absolute Gasteiger partial charge is 0.325 e. The summed E-state index contributed by atoms with van der Waals surface area (Å²) in [4.78, 5) is 0. The van der Waals surface area contributed by atoms with Gasteiger partial charge in [-0.2, -0.15) is 0 Å². The lowest BCUT2D eigenvalue weighted by atomic mass is 9.80. The molecule has 0 amide bonds. The lowest BCUT2D eigenvalue weighted by Crippen LogP contribution is -2.36. The van der Waals surface area contributed by atoms with Crippen molar-refractivity contribution in [3.05, 3.63) is 12.3 Å². The van der Waals surface area contributed by atoms with Crippen LogP contribution in [0.5, 0.6) is 0 Å². The van der Waals surface area contributed by atoms with Crippen molar-refractivity contribution in [1.29, 1.82) is 0 Å². The zero-order valence-electron chi connectivity index (χ0n) is 11.3. The van der Waals surface area contributed by atoms with E-state index in [-0.39, 0.29) is 0 Å². The Balaban J connectivity index is 2.11. The quantitative estimate of drug-likeness (QED) is 0.720. The van der Waals surface area contributed by atoms with Crippen molar-refractivity contribution in [2.24, 2.45) is 5.92 Å². The molecule has 2 aliphatic rings. The molecule has 1 aliphatic carbocycles. The van der Waals surface area contributed by atoms with Gasteiger partial charge in [0.1, 0.15) is 5.76 Å². The van der Waals surface area contributed by atoms with Crippen LogP contribution < -0.4 is 0 Å². The molecule has 2 unspecified atom stereocenters. The van der Waals surface area contributed by atoms with Crippen LogP contribution in [0, 0.1) is 18.3 Å². The topological polar surface area (TPSA) is 27.7 Å². The Morgan fingerprint density at radius 1 is 1.44 bits per heavy atom. The Morgan fingerprint density at radius 2 is 2.11 bits per heavy atom. The predicted molar refractivity (Wildman–Crippen MR) is 69.5 cm³/mol. The molecule has 0 aromatic carbocycles. The summed E-state index contributed by atoms with van der Waals surface area (Å²) >= 11 is 0. The van der Waals surface area contributed by atoms with Gasteiger partial charge in [-0.1, -0.05) is 44.6 Å². The third-order valence-electron chi connectivity index (χ3n) is 4.02. The zero-order valence-corrected chi connectivity index (χ0v) is 11.3. The number of hydrogen-bond donors (Lipinski definition) is 0. The van der Waals surface area contributed by atoms with Crippen LogP contribution >= 0.6 is 0 Å². The molecule has 18 heavy (non-hydrogen) atoms. The molecule has 0 N–H and O–H groups in total. The molecule has 0 aromatic rings. The maximum Gasteiger partial charge on any atom is 0.325 e. The fourth-order valence-corrected chi connectivity index (χ4v) is 2.91. The Morgan fingerprint density at radius 3 is 2.61 bits per heavy atom. The van der Waals surface area contributed by atoms with E-state index < -0.39 is 11.6 Å². The lowest BCUT2D eigenvalue weighted by molar-refractivity contribution is -0.316. The molecular weight excluding hydrogens is 228 g/mol. The average Bonchev–Trinajstić information content (AvgIpc) is 2.63. The molecular formula is C15H22O3. The number of rotatable bonds is 3. The summed E-state index contributed by atoms with van der Waals surface area (Å²) in [5.74, 6) is 2.73. The number of terminal acetylenes is 1. The van der Waals surface area contributed by atoms with E-state index in [0.29, 0.717) is 11.7 Å². The van der Waals surface area contributed by atoms with Crippen molar-refractivity contribution in [2.75, 3.05) is 7.11 Å². The SMILES string of the molecule is C#CC1(CC2CCCCC2)OC(C)(OC)OC1=C. The minimum atomic E-state index is -1.10. The Bertz CT molecular complexity index is 364. The van der Waals surface area contributed by atoms with Crippen molar-refractivity contribution in [3.8, 4) is 12.3 Å². The number of ether oxygens (including phenoxy) is 3. The zero-order chi connectivity index (χ0) is 13.2. The van der Waals surface area contributed by atoms with Gasteiger partial charge in [0.2, 0.25) is 0 Å². The van der Waals surface area contributed by atoms with Crippen LogP contribution in [-0.4, -0.2) is 18.7 Å². The van der Waals surface area contributed by atoms with Crippen LogP contribution in [0.2, 0.25) is 0 Å². The van der Waals surface area contributed by atoms with E-state index in [1.807, 2.05) is 0 Å². The molecule has 1 saturated heterocycles. The first-order valence-corrected chi connectivity index (χ1v) is 6.65. The lowest BCUT2D eigenvalue weighted by Gasteiger charge is -2.30. The molecule has 1 heterocycles. The molecule has 0 spiro atoms. The highest BCUT2D eigenvalue weighted by atomic mass is 16.9. The highest BCUT2D eigenvalue weighted by Gasteiger charge is 2.52. The van der Waals surface area contributed by atoms with Crippen LogP contribution in [0.25, 0.3) is 0 Å². The van der Waals surface area contributed by atoms with E-state index in [9.17, 15) is 0 Å². The molecule has 3 nitrogen and oxygen atoms in total. The third-order valence-corrected chi connectivity index (χ3v) is 4.02. The fourth-order valence-electron chi connectivity index (χ4n) is 2.91. The summed E-state index contributed by atoms with van der Waals surface area (Å²) < 4.78 is 16.6. The van der Waals surface area contributed by atoms with E-state index in [1.165, 1.54) is 32.1 Å². The number of methoxy groups -OCH3 is 1. The molecule has 2 rings (SSSR count). The highest BCUT2D eigenvalue weighted by Crippen LogP contribution is 2.44. The molecule has 100 valence electrons. The van der Waals surface area contributed by atoms with E-state index in [1.54, 1.807) is 14.0 Å². The van der Waals surface area contributed by atoms with Gasteiger partial charge in [-0.25, -0.2) is 0 Å². The van der Waals surface area contributed by atoms with Gasteiger partial charge in [-0.15, -0.1) is 6.42 Å². The van der Waals surface area contributed by atoms with Gasteiger partial charge in [-0.3, -0.25) is 4.74 Å². The molecule has 1 aliphatic heterocycles. The fraction of sp³-hybridized carbons (Fsp3) is 0.733. The van der Waals surface area contributed by atoms with Crippen molar-refractivity contribution >= 4 is 0 Å². The summed E-state index contributed by atoms with van der Waals surface area (Å²) in [6.07, 6.45) is 12.8. The maximum absolute atomic E-state index is 5.87. The monoisotopic (exact) mass is 250 g/mol. The second-order valence-electron chi connectivity index (χ2n) is 5.37. The second kappa shape index (κ2) is 4.95. The highest BCUT2D eigenvalue weighted by molar-refractivity contribution is 5.27. The van der Waals surface area contributed by atoms with E-state index in [2.05, 4.69) is 12.5 Å². The van der Waals surface area contributed by atoms with Crippen molar-refractivity contribution in [2.45, 2.75) is 57.0 Å². The largest absolute Gasteiger partial charge is 0.440 e. The Kier molecular flexibility index (Phi) is 3.70. The van der Waals surface area contributed by atoms with Gasteiger partial charge in [0.25, 0.3) is 0 Å². The summed E-state index contributed by atoms with van der Waals surface area (Å²) in [6.45, 7) is 5.64. The molecule has 0 bridgehead atoms. The van der Waals surface area contributed by atoms with Gasteiger partial charge >= 0.3 is 5.97 Å². The molecule has 3 heteroatoms. The van der Waals surface area contributed by atoms with Gasteiger partial charge in [0.15, 0.2) is 5.60 Å². The molecule has 2 fully saturated rings.